The van der Waals surface area contributed by atoms with Crippen LogP contribution in [-0.4, -0.2) is 24.4 Å². The first kappa shape index (κ1) is 16.2. The standard InChI is InChI=1S/C16H24N2O2/c1-4-6-7-13-8-10-14(11-9-13)16(20)18-12(3)15(19)17-5-2/h8-12H,4-7H2,1-3H3,(H,17,19)(H,18,20). The molecule has 110 valence electrons. The molecule has 1 aromatic rings. The van der Waals surface area contributed by atoms with E-state index in [0.29, 0.717) is 12.1 Å². The molecule has 4 heteroatoms. The largest absolute Gasteiger partial charge is 0.355 e. The molecule has 0 aliphatic heterocycles. The maximum atomic E-state index is 12.0. The number of hydrogen-bond acceptors (Lipinski definition) is 2. The normalized spacial score (nSPS) is 11.8. The first-order valence-electron chi connectivity index (χ1n) is 7.26. The van der Waals surface area contributed by atoms with Crippen molar-refractivity contribution < 1.29 is 9.59 Å². The van der Waals surface area contributed by atoms with E-state index in [4.69, 9.17) is 0 Å². The van der Waals surface area contributed by atoms with Gasteiger partial charge in [-0.25, -0.2) is 0 Å². The fourth-order valence-corrected chi connectivity index (χ4v) is 1.88. The first-order chi connectivity index (χ1) is 9.58. The van der Waals surface area contributed by atoms with Gasteiger partial charge < -0.3 is 10.6 Å². The van der Waals surface area contributed by atoms with Gasteiger partial charge in [0.2, 0.25) is 5.91 Å². The van der Waals surface area contributed by atoms with Crippen LogP contribution in [0.1, 0.15) is 49.5 Å². The van der Waals surface area contributed by atoms with E-state index in [1.165, 1.54) is 5.56 Å². The summed E-state index contributed by atoms with van der Waals surface area (Å²) in [5.74, 6) is -0.383. The van der Waals surface area contributed by atoms with Crippen LogP contribution in [0.25, 0.3) is 0 Å². The molecule has 0 aliphatic carbocycles. The highest BCUT2D eigenvalue weighted by atomic mass is 16.2. The Bertz CT molecular complexity index is 440. The molecule has 1 unspecified atom stereocenters. The summed E-state index contributed by atoms with van der Waals surface area (Å²) in [6, 6.07) is 7.04. The van der Waals surface area contributed by atoms with Gasteiger partial charge >= 0.3 is 0 Å². The zero-order valence-corrected chi connectivity index (χ0v) is 12.5. The number of nitrogens with one attached hydrogen (secondary N) is 2. The highest BCUT2D eigenvalue weighted by Crippen LogP contribution is 2.08. The van der Waals surface area contributed by atoms with Gasteiger partial charge in [-0.1, -0.05) is 25.5 Å². The van der Waals surface area contributed by atoms with Crippen molar-refractivity contribution in [2.75, 3.05) is 6.54 Å². The number of aryl methyl sites for hydroxylation is 1. The molecule has 0 bridgehead atoms. The number of likely N-dealkylation sites (N-methyl/N-ethyl adjacent to an activating group) is 1. The molecule has 0 saturated carbocycles. The number of carbonyl (C=O) groups excluding carboxylic acids is 2. The van der Waals surface area contributed by atoms with Gasteiger partial charge in [0.05, 0.1) is 0 Å². The lowest BCUT2D eigenvalue weighted by atomic mass is 10.1. The van der Waals surface area contributed by atoms with E-state index in [1.807, 2.05) is 31.2 Å². The molecule has 2 amide bonds. The van der Waals surface area contributed by atoms with Crippen LogP contribution in [0.2, 0.25) is 0 Å². The minimum absolute atomic E-state index is 0.166. The van der Waals surface area contributed by atoms with Crippen LogP contribution in [-0.2, 0) is 11.2 Å². The number of amides is 2. The van der Waals surface area contributed by atoms with Crippen LogP contribution >= 0.6 is 0 Å². The SMILES string of the molecule is CCCCc1ccc(C(=O)NC(C)C(=O)NCC)cc1. The van der Waals surface area contributed by atoms with Crippen molar-refractivity contribution in [3.05, 3.63) is 35.4 Å². The fraction of sp³-hybridized carbons (Fsp3) is 0.500. The number of unbranched alkanes of at least 4 members (excludes halogenated alkanes) is 1. The first-order valence-corrected chi connectivity index (χ1v) is 7.26. The van der Waals surface area contributed by atoms with Crippen molar-refractivity contribution in [2.24, 2.45) is 0 Å². The van der Waals surface area contributed by atoms with Crippen LogP contribution in [0.4, 0.5) is 0 Å². The van der Waals surface area contributed by atoms with Crippen LogP contribution in [0.15, 0.2) is 24.3 Å². The lowest BCUT2D eigenvalue weighted by molar-refractivity contribution is -0.122. The average Bonchev–Trinajstić information content (AvgIpc) is 2.45. The van der Waals surface area contributed by atoms with E-state index in [9.17, 15) is 9.59 Å². The Balaban J connectivity index is 2.57. The van der Waals surface area contributed by atoms with E-state index in [-0.39, 0.29) is 11.8 Å². The third-order valence-electron chi connectivity index (χ3n) is 3.13. The molecule has 20 heavy (non-hydrogen) atoms. The lowest BCUT2D eigenvalue weighted by Gasteiger charge is -2.13. The van der Waals surface area contributed by atoms with Crippen LogP contribution in [0.5, 0.6) is 0 Å². The second-order valence-electron chi connectivity index (χ2n) is 4.89. The molecular weight excluding hydrogens is 252 g/mol. The number of hydrogen-bond donors (Lipinski definition) is 2. The highest BCUT2D eigenvalue weighted by Gasteiger charge is 2.15. The minimum atomic E-state index is -0.526. The van der Waals surface area contributed by atoms with Gasteiger partial charge in [0, 0.05) is 12.1 Å². The quantitative estimate of drug-likeness (QED) is 0.802. The van der Waals surface area contributed by atoms with Crippen molar-refractivity contribution >= 4 is 11.8 Å². The smallest absolute Gasteiger partial charge is 0.251 e. The molecule has 2 N–H and O–H groups in total. The molecule has 0 aliphatic rings. The van der Waals surface area contributed by atoms with Crippen molar-refractivity contribution in [3.63, 3.8) is 0 Å². The molecule has 0 radical (unpaired) electrons. The summed E-state index contributed by atoms with van der Waals surface area (Å²) in [4.78, 5) is 23.6. The number of rotatable bonds is 7. The highest BCUT2D eigenvalue weighted by molar-refractivity contribution is 5.97. The van der Waals surface area contributed by atoms with Gasteiger partial charge in [0.1, 0.15) is 6.04 Å². The van der Waals surface area contributed by atoms with E-state index in [2.05, 4.69) is 17.6 Å². The second kappa shape index (κ2) is 8.35. The third kappa shape index (κ3) is 5.03. The topological polar surface area (TPSA) is 58.2 Å². The summed E-state index contributed by atoms with van der Waals surface area (Å²) in [7, 11) is 0. The molecule has 1 rings (SSSR count). The van der Waals surface area contributed by atoms with Gasteiger partial charge in [-0.15, -0.1) is 0 Å². The molecule has 0 heterocycles. The molecule has 0 fully saturated rings. The Labute approximate surface area is 121 Å². The van der Waals surface area contributed by atoms with Crippen LogP contribution < -0.4 is 10.6 Å². The van der Waals surface area contributed by atoms with Crippen molar-refractivity contribution in [3.8, 4) is 0 Å². The average molecular weight is 276 g/mol. The Hall–Kier alpha value is -1.84. The van der Waals surface area contributed by atoms with Crippen molar-refractivity contribution in [1.29, 1.82) is 0 Å². The van der Waals surface area contributed by atoms with Gasteiger partial charge in [-0.3, -0.25) is 9.59 Å². The lowest BCUT2D eigenvalue weighted by Crippen LogP contribution is -2.44. The summed E-state index contributed by atoms with van der Waals surface area (Å²) in [6.45, 7) is 6.25. The molecule has 0 aromatic heterocycles. The van der Waals surface area contributed by atoms with E-state index in [1.54, 1.807) is 6.92 Å². The summed E-state index contributed by atoms with van der Waals surface area (Å²) in [5, 5.41) is 5.37. The molecule has 0 spiro atoms. The molecule has 0 saturated heterocycles. The van der Waals surface area contributed by atoms with Crippen molar-refractivity contribution in [2.45, 2.75) is 46.1 Å². The fourth-order valence-electron chi connectivity index (χ4n) is 1.88. The monoisotopic (exact) mass is 276 g/mol. The summed E-state index contributed by atoms with van der Waals surface area (Å²) in [6.07, 6.45) is 3.35. The molecular formula is C16H24N2O2. The Morgan fingerprint density at radius 2 is 1.80 bits per heavy atom. The number of benzene rings is 1. The zero-order valence-electron chi connectivity index (χ0n) is 12.5. The van der Waals surface area contributed by atoms with E-state index in [0.717, 1.165) is 19.3 Å². The van der Waals surface area contributed by atoms with Gasteiger partial charge in [-0.05, 0) is 44.4 Å². The predicted octanol–water partition coefficient (Wildman–Crippen LogP) is 2.28. The predicted molar refractivity (Wildman–Crippen MR) is 80.7 cm³/mol. The summed E-state index contributed by atoms with van der Waals surface area (Å²) < 4.78 is 0. The maximum Gasteiger partial charge on any atom is 0.251 e. The van der Waals surface area contributed by atoms with Gasteiger partial charge in [0.25, 0.3) is 5.91 Å². The molecule has 4 nitrogen and oxygen atoms in total. The van der Waals surface area contributed by atoms with E-state index >= 15 is 0 Å². The third-order valence-corrected chi connectivity index (χ3v) is 3.13. The summed E-state index contributed by atoms with van der Waals surface area (Å²) in [5.41, 5.74) is 1.82. The Kier molecular flexibility index (Phi) is 6.77. The zero-order chi connectivity index (χ0) is 15.0. The van der Waals surface area contributed by atoms with Crippen LogP contribution in [0, 0.1) is 0 Å². The Morgan fingerprint density at radius 1 is 1.15 bits per heavy atom. The second-order valence-corrected chi connectivity index (χ2v) is 4.89. The molecule has 1 atom stereocenters. The maximum absolute atomic E-state index is 12.0. The number of carbonyl (C=O) groups is 2. The minimum Gasteiger partial charge on any atom is -0.355 e. The van der Waals surface area contributed by atoms with Gasteiger partial charge in [-0.2, -0.15) is 0 Å². The van der Waals surface area contributed by atoms with Crippen LogP contribution in [0.3, 0.4) is 0 Å². The Morgan fingerprint density at radius 3 is 2.35 bits per heavy atom. The molecule has 1 aromatic carbocycles. The van der Waals surface area contributed by atoms with Crippen molar-refractivity contribution in [1.82, 2.24) is 10.6 Å². The van der Waals surface area contributed by atoms with E-state index < -0.39 is 6.04 Å². The van der Waals surface area contributed by atoms with Gasteiger partial charge in [0.15, 0.2) is 0 Å². The summed E-state index contributed by atoms with van der Waals surface area (Å²) >= 11 is 0.